The van der Waals surface area contributed by atoms with Gasteiger partial charge in [-0.05, 0) is 37.1 Å². The molecule has 1 aromatic carbocycles. The number of benzene rings is 1. The highest BCUT2D eigenvalue weighted by atomic mass is 16.5. The van der Waals surface area contributed by atoms with Crippen LogP contribution in [0, 0.1) is 25.2 Å². The van der Waals surface area contributed by atoms with Gasteiger partial charge in [0.25, 0.3) is 0 Å². The van der Waals surface area contributed by atoms with Crippen LogP contribution in [0.25, 0.3) is 11.0 Å². The minimum absolute atomic E-state index is 0.387. The third kappa shape index (κ3) is 2.32. The summed E-state index contributed by atoms with van der Waals surface area (Å²) in [6.45, 7) is 3.90. The van der Waals surface area contributed by atoms with Crippen LogP contribution in [0.2, 0.25) is 0 Å². The van der Waals surface area contributed by atoms with E-state index in [0.717, 1.165) is 27.9 Å². The number of hydrogen-bond donors (Lipinski definition) is 0. The predicted octanol–water partition coefficient (Wildman–Crippen LogP) is 3.25. The van der Waals surface area contributed by atoms with Gasteiger partial charge < -0.3 is 9.30 Å². The van der Waals surface area contributed by atoms with E-state index in [1.165, 1.54) is 0 Å². The number of imidazole rings is 1. The molecule has 0 aliphatic carbocycles. The Labute approximate surface area is 122 Å². The number of pyridine rings is 1. The summed E-state index contributed by atoms with van der Waals surface area (Å²) in [4.78, 5) is 8.41. The molecule has 5 heteroatoms. The van der Waals surface area contributed by atoms with Crippen LogP contribution < -0.4 is 4.74 Å². The summed E-state index contributed by atoms with van der Waals surface area (Å²) < 4.78 is 7.87. The third-order valence-electron chi connectivity index (χ3n) is 3.40. The van der Waals surface area contributed by atoms with Crippen LogP contribution in [-0.2, 0) is 7.05 Å². The van der Waals surface area contributed by atoms with Crippen molar-refractivity contribution in [3.8, 4) is 17.6 Å². The van der Waals surface area contributed by atoms with E-state index in [0.29, 0.717) is 11.4 Å². The molecule has 2 aromatic heterocycles. The molecule has 0 unspecified atom stereocenters. The lowest BCUT2D eigenvalue weighted by Crippen LogP contribution is -1.93. The van der Waals surface area contributed by atoms with Crippen LogP contribution in [0.5, 0.6) is 11.5 Å². The van der Waals surface area contributed by atoms with E-state index in [-0.39, 0.29) is 0 Å². The largest absolute Gasteiger partial charge is 0.455 e. The van der Waals surface area contributed by atoms with Crippen molar-refractivity contribution in [2.45, 2.75) is 13.8 Å². The second kappa shape index (κ2) is 4.91. The van der Waals surface area contributed by atoms with Crippen molar-refractivity contribution in [3.05, 3.63) is 47.5 Å². The van der Waals surface area contributed by atoms with Gasteiger partial charge in [-0.2, -0.15) is 5.26 Å². The molecule has 5 nitrogen and oxygen atoms in total. The first kappa shape index (κ1) is 13.1. The van der Waals surface area contributed by atoms with E-state index in [2.05, 4.69) is 9.97 Å². The number of ether oxygens (including phenoxy) is 1. The maximum Gasteiger partial charge on any atom is 0.148 e. The number of hydrogen-bond acceptors (Lipinski definition) is 4. The molecule has 0 saturated heterocycles. The average molecular weight is 278 g/mol. The fourth-order valence-electron chi connectivity index (χ4n) is 2.27. The van der Waals surface area contributed by atoms with Gasteiger partial charge in [-0.1, -0.05) is 0 Å². The average Bonchev–Trinajstić information content (AvgIpc) is 2.83. The van der Waals surface area contributed by atoms with Crippen LogP contribution in [0.15, 0.2) is 30.7 Å². The molecule has 21 heavy (non-hydrogen) atoms. The van der Waals surface area contributed by atoms with Crippen molar-refractivity contribution < 1.29 is 4.74 Å². The lowest BCUT2D eigenvalue weighted by atomic mass is 10.2. The molecule has 0 N–H and O–H groups in total. The molecule has 0 aliphatic rings. The number of aromatic nitrogens is 3. The van der Waals surface area contributed by atoms with Gasteiger partial charge in [-0.25, -0.2) is 9.97 Å². The molecule has 0 saturated carbocycles. The Balaban J connectivity index is 2.02. The van der Waals surface area contributed by atoms with E-state index in [1.54, 1.807) is 18.6 Å². The molecule has 2 heterocycles. The van der Waals surface area contributed by atoms with Crippen molar-refractivity contribution in [1.29, 1.82) is 5.26 Å². The fraction of sp³-hybridized carbons (Fsp3) is 0.188. The quantitative estimate of drug-likeness (QED) is 0.721. The maximum atomic E-state index is 8.84. The van der Waals surface area contributed by atoms with Crippen molar-refractivity contribution >= 4 is 11.0 Å². The first-order valence-corrected chi connectivity index (χ1v) is 6.55. The van der Waals surface area contributed by atoms with E-state index in [4.69, 9.17) is 10.00 Å². The van der Waals surface area contributed by atoms with Crippen LogP contribution in [0.4, 0.5) is 0 Å². The van der Waals surface area contributed by atoms with Gasteiger partial charge >= 0.3 is 0 Å². The first-order valence-electron chi connectivity index (χ1n) is 6.55. The Morgan fingerprint density at radius 3 is 2.67 bits per heavy atom. The highest BCUT2D eigenvalue weighted by Crippen LogP contribution is 2.29. The molecule has 0 fully saturated rings. The number of fused-ring (bicyclic) bond motifs is 1. The van der Waals surface area contributed by atoms with Crippen molar-refractivity contribution in [3.63, 3.8) is 0 Å². The monoisotopic (exact) mass is 278 g/mol. The Morgan fingerprint density at radius 2 is 1.95 bits per heavy atom. The van der Waals surface area contributed by atoms with Gasteiger partial charge in [0.15, 0.2) is 0 Å². The van der Waals surface area contributed by atoms with Gasteiger partial charge in [0.05, 0.1) is 23.6 Å². The van der Waals surface area contributed by atoms with Crippen molar-refractivity contribution in [2.24, 2.45) is 7.05 Å². The van der Waals surface area contributed by atoms with Crippen LogP contribution in [-0.4, -0.2) is 14.5 Å². The molecule has 0 radical (unpaired) electrons. The van der Waals surface area contributed by atoms with Gasteiger partial charge in [0, 0.05) is 13.1 Å². The SMILES string of the molecule is Cc1cc(C#N)ncc1Oc1cc(C)c2ncn(C)c2c1. The van der Waals surface area contributed by atoms with Crippen LogP contribution >= 0.6 is 0 Å². The van der Waals surface area contributed by atoms with E-state index in [1.807, 2.05) is 43.7 Å². The van der Waals surface area contributed by atoms with E-state index < -0.39 is 0 Å². The Bertz CT molecular complexity index is 874. The number of aryl methyl sites for hydroxylation is 3. The Hall–Kier alpha value is -2.87. The zero-order chi connectivity index (χ0) is 15.0. The molecule has 104 valence electrons. The standard InChI is InChI=1S/C16H14N4O/c1-10-4-12(7-17)18-8-15(10)21-13-5-11(2)16-14(6-13)20(3)9-19-16/h4-6,8-9H,1-3H3. The third-order valence-corrected chi connectivity index (χ3v) is 3.40. The van der Waals surface area contributed by atoms with Crippen LogP contribution in [0.3, 0.4) is 0 Å². The normalized spacial score (nSPS) is 10.6. The molecule has 0 spiro atoms. The zero-order valence-corrected chi connectivity index (χ0v) is 12.1. The van der Waals surface area contributed by atoms with Gasteiger partial charge in [0.2, 0.25) is 0 Å². The Morgan fingerprint density at radius 1 is 1.14 bits per heavy atom. The summed E-state index contributed by atoms with van der Waals surface area (Å²) in [5, 5.41) is 8.84. The highest BCUT2D eigenvalue weighted by molar-refractivity contribution is 5.80. The summed E-state index contributed by atoms with van der Waals surface area (Å²) >= 11 is 0. The molecule has 0 atom stereocenters. The molecular weight excluding hydrogens is 264 g/mol. The second-order valence-electron chi connectivity index (χ2n) is 5.01. The summed E-state index contributed by atoms with van der Waals surface area (Å²) in [5.41, 5.74) is 4.31. The van der Waals surface area contributed by atoms with E-state index >= 15 is 0 Å². The lowest BCUT2D eigenvalue weighted by Gasteiger charge is -2.10. The first-order chi connectivity index (χ1) is 10.1. The van der Waals surface area contributed by atoms with Gasteiger partial charge in [-0.15, -0.1) is 0 Å². The summed E-state index contributed by atoms with van der Waals surface area (Å²) in [5.74, 6) is 1.38. The molecule has 3 aromatic rings. The number of nitriles is 1. The topological polar surface area (TPSA) is 63.7 Å². The molecule has 0 bridgehead atoms. The zero-order valence-electron chi connectivity index (χ0n) is 12.1. The number of rotatable bonds is 2. The fourth-order valence-corrected chi connectivity index (χ4v) is 2.27. The number of nitrogens with zero attached hydrogens (tertiary/aromatic N) is 4. The highest BCUT2D eigenvalue weighted by Gasteiger charge is 2.09. The minimum atomic E-state index is 0.387. The lowest BCUT2D eigenvalue weighted by molar-refractivity contribution is 0.476. The summed E-state index contributed by atoms with van der Waals surface area (Å²) in [7, 11) is 1.95. The van der Waals surface area contributed by atoms with Gasteiger partial charge in [0.1, 0.15) is 23.3 Å². The maximum absolute atomic E-state index is 8.84. The Kier molecular flexibility index (Phi) is 3.07. The molecular formula is C16H14N4O. The molecule has 0 aliphatic heterocycles. The molecule has 0 amide bonds. The van der Waals surface area contributed by atoms with E-state index in [9.17, 15) is 0 Å². The smallest absolute Gasteiger partial charge is 0.148 e. The summed E-state index contributed by atoms with van der Waals surface area (Å²) in [6, 6.07) is 7.63. The predicted molar refractivity (Wildman–Crippen MR) is 79.2 cm³/mol. The van der Waals surface area contributed by atoms with Crippen molar-refractivity contribution in [2.75, 3.05) is 0 Å². The summed E-state index contributed by atoms with van der Waals surface area (Å²) in [6.07, 6.45) is 3.37. The minimum Gasteiger partial charge on any atom is -0.455 e. The second-order valence-corrected chi connectivity index (χ2v) is 5.01. The van der Waals surface area contributed by atoms with Crippen molar-refractivity contribution in [1.82, 2.24) is 14.5 Å². The van der Waals surface area contributed by atoms with Gasteiger partial charge in [-0.3, -0.25) is 0 Å². The van der Waals surface area contributed by atoms with Crippen LogP contribution in [0.1, 0.15) is 16.8 Å². The molecule has 3 rings (SSSR count).